The van der Waals surface area contributed by atoms with Crippen molar-refractivity contribution in [2.24, 2.45) is 0 Å². The zero-order chi connectivity index (χ0) is 15.0. The second-order valence-corrected chi connectivity index (χ2v) is 5.63. The van der Waals surface area contributed by atoms with Gasteiger partial charge in [0.05, 0.1) is 0 Å². The van der Waals surface area contributed by atoms with E-state index in [1.54, 1.807) is 24.3 Å². The summed E-state index contributed by atoms with van der Waals surface area (Å²) < 4.78 is 5.48. The molecule has 0 saturated carbocycles. The number of hydrogen-bond acceptors (Lipinski definition) is 4. The van der Waals surface area contributed by atoms with Crippen molar-refractivity contribution in [3.63, 3.8) is 0 Å². The van der Waals surface area contributed by atoms with Crippen LogP contribution in [0.4, 0.5) is 0 Å². The first kappa shape index (κ1) is 17.2. The molecule has 0 radical (unpaired) electrons. The molecule has 0 aliphatic rings. The highest BCUT2D eigenvalue weighted by Gasteiger charge is 2.06. The number of likely N-dealkylation sites (N-methyl/N-ethyl adjacent to an activating group) is 1. The van der Waals surface area contributed by atoms with Gasteiger partial charge in [-0.1, -0.05) is 11.6 Å². The number of nitrogens with zero attached hydrogens (tertiary/aromatic N) is 1. The lowest BCUT2D eigenvalue weighted by Crippen LogP contribution is -2.37. The number of rotatable bonds is 9. The van der Waals surface area contributed by atoms with Gasteiger partial charge in [-0.3, -0.25) is 0 Å². The van der Waals surface area contributed by atoms with Crippen molar-refractivity contribution >= 4 is 11.6 Å². The predicted octanol–water partition coefficient (Wildman–Crippen LogP) is 2.01. The Balaban J connectivity index is 2.11. The largest absolute Gasteiger partial charge is 0.491 e. The van der Waals surface area contributed by atoms with Crippen LogP contribution < -0.4 is 10.1 Å². The van der Waals surface area contributed by atoms with Crippen LogP contribution in [0, 0.1) is 0 Å². The van der Waals surface area contributed by atoms with Crippen molar-refractivity contribution in [3.05, 3.63) is 29.3 Å². The van der Waals surface area contributed by atoms with Gasteiger partial charge in [0, 0.05) is 30.7 Å². The Hall–Kier alpha value is -0.810. The summed E-state index contributed by atoms with van der Waals surface area (Å²) >= 11 is 5.79. The van der Waals surface area contributed by atoms with Crippen molar-refractivity contribution in [2.45, 2.75) is 26.0 Å². The van der Waals surface area contributed by atoms with E-state index in [0.717, 1.165) is 13.1 Å². The molecule has 0 saturated heterocycles. The summed E-state index contributed by atoms with van der Waals surface area (Å²) in [6, 6.07) is 7.65. The van der Waals surface area contributed by atoms with Crippen molar-refractivity contribution in [2.75, 3.05) is 33.3 Å². The zero-order valence-electron chi connectivity index (χ0n) is 12.5. The summed E-state index contributed by atoms with van der Waals surface area (Å²) in [4.78, 5) is 2.25. The molecule has 1 aromatic carbocycles. The number of aliphatic hydroxyl groups is 1. The summed E-state index contributed by atoms with van der Waals surface area (Å²) in [5.74, 6) is 0.716. The number of hydrogen-bond donors (Lipinski definition) is 2. The van der Waals surface area contributed by atoms with Crippen LogP contribution in [0.2, 0.25) is 5.02 Å². The summed E-state index contributed by atoms with van der Waals surface area (Å²) in [7, 11) is 2.09. The lowest BCUT2D eigenvalue weighted by atomic mass is 10.3. The quantitative estimate of drug-likeness (QED) is 0.685. The van der Waals surface area contributed by atoms with E-state index < -0.39 is 6.10 Å². The van der Waals surface area contributed by atoms with Crippen LogP contribution in [0.1, 0.15) is 13.8 Å². The Morgan fingerprint density at radius 2 is 1.95 bits per heavy atom. The standard InChI is InChI=1S/C15H25ClN2O2/c1-12(2)18(3)9-8-17-10-14(19)11-20-15-6-4-13(16)5-7-15/h4-7,12,14,17,19H,8-11H2,1-3H3. The van der Waals surface area contributed by atoms with Crippen LogP contribution in [-0.2, 0) is 0 Å². The molecule has 1 atom stereocenters. The maximum absolute atomic E-state index is 9.81. The van der Waals surface area contributed by atoms with E-state index >= 15 is 0 Å². The minimum atomic E-state index is -0.518. The third-order valence-corrected chi connectivity index (χ3v) is 3.41. The van der Waals surface area contributed by atoms with Gasteiger partial charge in [0.2, 0.25) is 0 Å². The second-order valence-electron chi connectivity index (χ2n) is 5.20. The number of aliphatic hydroxyl groups excluding tert-OH is 1. The molecule has 0 fully saturated rings. The predicted molar refractivity (Wildman–Crippen MR) is 83.6 cm³/mol. The molecule has 0 aliphatic carbocycles. The molecular formula is C15H25ClN2O2. The van der Waals surface area contributed by atoms with Gasteiger partial charge in [0.1, 0.15) is 18.5 Å². The minimum absolute atomic E-state index is 0.272. The average Bonchev–Trinajstić information content (AvgIpc) is 2.42. The Morgan fingerprint density at radius 1 is 1.30 bits per heavy atom. The highest BCUT2D eigenvalue weighted by molar-refractivity contribution is 6.30. The lowest BCUT2D eigenvalue weighted by Gasteiger charge is -2.21. The number of halogens is 1. The van der Waals surface area contributed by atoms with Crippen molar-refractivity contribution in [3.8, 4) is 5.75 Å². The molecule has 1 rings (SSSR count). The fourth-order valence-corrected chi connectivity index (χ4v) is 1.69. The van der Waals surface area contributed by atoms with Crippen LogP contribution in [-0.4, -0.2) is 55.4 Å². The molecule has 1 unspecified atom stereocenters. The fraction of sp³-hybridized carbons (Fsp3) is 0.600. The van der Waals surface area contributed by atoms with Crippen LogP contribution in [0.5, 0.6) is 5.75 Å². The van der Waals surface area contributed by atoms with Crippen molar-refractivity contribution in [1.29, 1.82) is 0 Å². The van der Waals surface area contributed by atoms with Gasteiger partial charge in [-0.2, -0.15) is 0 Å². The van der Waals surface area contributed by atoms with E-state index in [1.165, 1.54) is 0 Å². The van der Waals surface area contributed by atoms with E-state index in [9.17, 15) is 5.11 Å². The molecule has 0 aromatic heterocycles. The van der Waals surface area contributed by atoms with Crippen molar-refractivity contribution < 1.29 is 9.84 Å². The topological polar surface area (TPSA) is 44.7 Å². The lowest BCUT2D eigenvalue weighted by molar-refractivity contribution is 0.105. The molecule has 114 valence electrons. The summed E-state index contributed by atoms with van der Waals surface area (Å²) in [5.41, 5.74) is 0. The molecule has 0 spiro atoms. The third kappa shape index (κ3) is 7.10. The smallest absolute Gasteiger partial charge is 0.119 e. The summed E-state index contributed by atoms with van der Waals surface area (Å²) in [6.45, 7) is 6.94. The normalized spacial score (nSPS) is 12.9. The number of nitrogens with one attached hydrogen (secondary N) is 1. The molecule has 0 heterocycles. The molecule has 5 heteroatoms. The van der Waals surface area contributed by atoms with Crippen LogP contribution in [0.15, 0.2) is 24.3 Å². The first-order chi connectivity index (χ1) is 9.49. The van der Waals surface area contributed by atoms with E-state index in [-0.39, 0.29) is 6.61 Å². The van der Waals surface area contributed by atoms with Gasteiger partial charge in [0.15, 0.2) is 0 Å². The van der Waals surface area contributed by atoms with Crippen LogP contribution >= 0.6 is 11.6 Å². The van der Waals surface area contributed by atoms with Gasteiger partial charge < -0.3 is 20.1 Å². The molecule has 1 aromatic rings. The van der Waals surface area contributed by atoms with Crippen LogP contribution in [0.25, 0.3) is 0 Å². The minimum Gasteiger partial charge on any atom is -0.491 e. The highest BCUT2D eigenvalue weighted by Crippen LogP contribution is 2.15. The van der Waals surface area contributed by atoms with E-state index in [4.69, 9.17) is 16.3 Å². The Kier molecular flexibility index (Phi) is 7.92. The molecule has 4 nitrogen and oxygen atoms in total. The Morgan fingerprint density at radius 3 is 2.55 bits per heavy atom. The first-order valence-electron chi connectivity index (χ1n) is 6.96. The monoisotopic (exact) mass is 300 g/mol. The Labute approximate surface area is 126 Å². The maximum Gasteiger partial charge on any atom is 0.119 e. The van der Waals surface area contributed by atoms with E-state index in [0.29, 0.717) is 23.4 Å². The molecule has 0 bridgehead atoms. The van der Waals surface area contributed by atoms with Gasteiger partial charge in [-0.15, -0.1) is 0 Å². The SMILES string of the molecule is CC(C)N(C)CCNCC(O)COc1ccc(Cl)cc1. The first-order valence-corrected chi connectivity index (χ1v) is 7.34. The van der Waals surface area contributed by atoms with Crippen LogP contribution in [0.3, 0.4) is 0 Å². The third-order valence-electron chi connectivity index (χ3n) is 3.16. The zero-order valence-corrected chi connectivity index (χ0v) is 13.2. The highest BCUT2D eigenvalue weighted by atomic mass is 35.5. The fourth-order valence-electron chi connectivity index (χ4n) is 1.56. The van der Waals surface area contributed by atoms with Gasteiger partial charge in [0.25, 0.3) is 0 Å². The van der Waals surface area contributed by atoms with E-state index in [2.05, 4.69) is 31.1 Å². The number of benzene rings is 1. The van der Waals surface area contributed by atoms with E-state index in [1.807, 2.05) is 0 Å². The molecule has 2 N–H and O–H groups in total. The van der Waals surface area contributed by atoms with Crippen molar-refractivity contribution in [1.82, 2.24) is 10.2 Å². The molecule has 0 amide bonds. The molecule has 20 heavy (non-hydrogen) atoms. The molecular weight excluding hydrogens is 276 g/mol. The Bertz CT molecular complexity index is 371. The molecule has 0 aliphatic heterocycles. The second kappa shape index (κ2) is 9.19. The van der Waals surface area contributed by atoms with Gasteiger partial charge >= 0.3 is 0 Å². The maximum atomic E-state index is 9.81. The average molecular weight is 301 g/mol. The van der Waals surface area contributed by atoms with Gasteiger partial charge in [-0.25, -0.2) is 0 Å². The summed E-state index contributed by atoms with van der Waals surface area (Å²) in [6.07, 6.45) is -0.518. The number of ether oxygens (including phenoxy) is 1. The van der Waals surface area contributed by atoms with Gasteiger partial charge in [-0.05, 0) is 45.2 Å². The summed E-state index contributed by atoms with van der Waals surface area (Å²) in [5, 5.41) is 13.7.